The monoisotopic (exact) mass is 993 g/mol. The van der Waals surface area contributed by atoms with Gasteiger partial charge in [-0.2, -0.15) is 0 Å². The number of carbonyl (C=O) groups excluding carboxylic acids is 7. The Hall–Kier alpha value is -5.14. The number of Topliss-reactive ketones (excluding diaryl/α,β-unsaturated/α-hetero) is 2. The summed E-state index contributed by atoms with van der Waals surface area (Å²) >= 11 is 0.991. The molecule has 1 amide bonds. The zero-order valence-corrected chi connectivity index (χ0v) is 42.8. The second kappa shape index (κ2) is 20.9. The van der Waals surface area contributed by atoms with Crippen molar-refractivity contribution in [2.75, 3.05) is 32.3 Å². The lowest BCUT2D eigenvalue weighted by atomic mass is 9.44. The van der Waals surface area contributed by atoms with Gasteiger partial charge >= 0.3 is 30.0 Å². The van der Waals surface area contributed by atoms with Gasteiger partial charge in [0.25, 0.3) is 0 Å². The van der Waals surface area contributed by atoms with Crippen LogP contribution in [0.4, 0.5) is 4.79 Å². The second-order valence-electron chi connectivity index (χ2n) is 20.6. The summed E-state index contributed by atoms with van der Waals surface area (Å²) in [7, 11) is 2.76. The van der Waals surface area contributed by atoms with Crippen LogP contribution in [-0.2, 0) is 61.9 Å². The molecule has 4 aliphatic rings. The number of alkyl carbamates (subject to hydrolysis) is 1. The molecule has 382 valence electrons. The highest BCUT2D eigenvalue weighted by molar-refractivity contribution is 8.00. The van der Waals surface area contributed by atoms with Gasteiger partial charge in [0.05, 0.1) is 41.1 Å². The highest BCUT2D eigenvalue weighted by Gasteiger charge is 2.78. The smallest absolute Gasteiger partial charge is 0.408 e. The Kier molecular flexibility index (Phi) is 16.2. The van der Waals surface area contributed by atoms with Gasteiger partial charge < -0.3 is 48.3 Å². The third-order valence-electron chi connectivity index (χ3n) is 14.4. The van der Waals surface area contributed by atoms with E-state index in [-0.39, 0.29) is 47.4 Å². The molecule has 2 bridgehead atoms. The lowest BCUT2D eigenvalue weighted by Crippen LogP contribution is -2.82. The lowest BCUT2D eigenvalue weighted by Gasteiger charge is -2.67. The van der Waals surface area contributed by atoms with E-state index < -0.39 is 118 Å². The summed E-state index contributed by atoms with van der Waals surface area (Å²) in [6.45, 7) is 16.0. The first-order chi connectivity index (χ1) is 32.8. The van der Waals surface area contributed by atoms with Crippen LogP contribution in [0.3, 0.4) is 0 Å². The van der Waals surface area contributed by atoms with E-state index in [9.17, 15) is 29.1 Å². The van der Waals surface area contributed by atoms with Gasteiger partial charge in [-0.25, -0.2) is 14.4 Å². The van der Waals surface area contributed by atoms with E-state index in [0.29, 0.717) is 11.1 Å². The normalized spacial score (nSPS) is 29.9. The fraction of sp³-hybridized carbons (Fsp3) is 0.596. The standard InChI is InChI=1S/C52H67NO16S/c1-28(2)33(55)25-70-26-37(56)66-41(39(31-19-15-13-16-20-31)53-47(60)69-48(5,6)7)46(59)65-34-24-52(61)44(67-45(58)32-21-17-14-18-22-32)42-50(10,43(57)40(63-12)38(29(34)3)49(52,8)9)35(62-11)23-36-51(42,27-64-36)68-30(4)54/h13-22,28,34-36,39-42,44,61H,23-27H2,1-12H3,(H,53,60)/t34-,35-,36?,39-,40+,41+,42?,44-,50+,51-,52+/m0/s1. The molecule has 2 aromatic rings. The second-order valence-corrected chi connectivity index (χ2v) is 21.6. The molecule has 2 unspecified atom stereocenters. The first-order valence-electron chi connectivity index (χ1n) is 23.4. The molecule has 11 atom stereocenters. The topological polar surface area (TPSA) is 226 Å². The molecule has 3 fully saturated rings. The van der Waals surface area contributed by atoms with Crippen LogP contribution in [0.15, 0.2) is 71.8 Å². The third-order valence-corrected chi connectivity index (χ3v) is 15.3. The predicted molar refractivity (Wildman–Crippen MR) is 254 cm³/mol. The highest BCUT2D eigenvalue weighted by atomic mass is 32.2. The molecule has 2 aromatic carbocycles. The maximum Gasteiger partial charge on any atom is 0.408 e. The predicted octanol–water partition coefficient (Wildman–Crippen LogP) is 6.08. The Bertz CT molecular complexity index is 2350. The first-order valence-corrected chi connectivity index (χ1v) is 24.6. The maximum absolute atomic E-state index is 15.8. The Balaban J connectivity index is 1.53. The summed E-state index contributed by atoms with van der Waals surface area (Å²) < 4.78 is 49.0. The maximum atomic E-state index is 15.8. The number of esters is 4. The minimum Gasteiger partial charge on any atom is -0.455 e. The molecule has 1 heterocycles. The van der Waals surface area contributed by atoms with Gasteiger partial charge in [-0.3, -0.25) is 19.2 Å². The molecule has 2 saturated carbocycles. The van der Waals surface area contributed by atoms with Crippen LogP contribution >= 0.6 is 11.8 Å². The SMILES string of the molecule is CO[C@H]1C(=O)[C@@]2(C)C([C@H](OC(=O)c3ccccc3)[C@]3(O)C[C@H](OC(=O)[C@H](OC(=O)CSCC(=O)C(C)C)[C@@H](NC(=O)OC(C)(C)C)c4ccccc4)C(C)=C1C3(C)C)[C@]1(OC(C)=O)COC1C[C@@H]2OC. The molecule has 2 N–H and O–H groups in total. The molecular weight excluding hydrogens is 927 g/mol. The molecule has 18 heteroatoms. The largest absolute Gasteiger partial charge is 0.455 e. The van der Waals surface area contributed by atoms with Crippen LogP contribution in [0.1, 0.15) is 104 Å². The quantitative estimate of drug-likeness (QED) is 0.110. The summed E-state index contributed by atoms with van der Waals surface area (Å²) in [5, 5.41) is 16.7. The molecular formula is C52H67NO16S. The molecule has 0 aromatic heterocycles. The van der Waals surface area contributed by atoms with Gasteiger partial charge in [-0.05, 0) is 63.5 Å². The summed E-state index contributed by atoms with van der Waals surface area (Å²) in [6, 6.07) is 14.9. The van der Waals surface area contributed by atoms with Crippen molar-refractivity contribution in [3.63, 3.8) is 0 Å². The number of hydrogen-bond acceptors (Lipinski definition) is 17. The average molecular weight is 994 g/mol. The van der Waals surface area contributed by atoms with Gasteiger partial charge in [0, 0.05) is 45.3 Å². The average Bonchev–Trinajstić information content (AvgIpc) is 3.28. The Labute approximate surface area is 413 Å². The number of benzene rings is 2. The lowest BCUT2D eigenvalue weighted by molar-refractivity contribution is -0.347. The van der Waals surface area contributed by atoms with Crippen molar-refractivity contribution in [3.8, 4) is 0 Å². The summed E-state index contributed by atoms with van der Waals surface area (Å²) in [5.41, 5.74) is -7.24. The number of aliphatic hydroxyl groups is 1. The van der Waals surface area contributed by atoms with Gasteiger partial charge in [0.1, 0.15) is 47.4 Å². The minimum atomic E-state index is -2.30. The van der Waals surface area contributed by atoms with E-state index in [1.807, 2.05) is 0 Å². The highest BCUT2D eigenvalue weighted by Crippen LogP contribution is 2.65. The van der Waals surface area contributed by atoms with E-state index in [0.717, 1.165) is 11.8 Å². The van der Waals surface area contributed by atoms with Crippen molar-refractivity contribution < 1.29 is 76.6 Å². The molecule has 6 rings (SSSR count). The zero-order valence-electron chi connectivity index (χ0n) is 42.0. The number of amides is 1. The van der Waals surface area contributed by atoms with Crippen molar-refractivity contribution in [2.24, 2.45) is 22.7 Å². The molecule has 3 aliphatic carbocycles. The van der Waals surface area contributed by atoms with Crippen LogP contribution in [-0.4, -0.2) is 132 Å². The third kappa shape index (κ3) is 10.3. The zero-order chi connectivity index (χ0) is 51.7. The van der Waals surface area contributed by atoms with Gasteiger partial charge in [-0.1, -0.05) is 76.2 Å². The molecule has 1 aliphatic heterocycles. The van der Waals surface area contributed by atoms with Gasteiger partial charge in [0.2, 0.25) is 6.10 Å². The summed E-state index contributed by atoms with van der Waals surface area (Å²) in [4.78, 5) is 98.4. The molecule has 0 radical (unpaired) electrons. The van der Waals surface area contributed by atoms with Crippen LogP contribution in [0.2, 0.25) is 0 Å². The Morgan fingerprint density at radius 2 is 1.54 bits per heavy atom. The van der Waals surface area contributed by atoms with Gasteiger partial charge in [-0.15, -0.1) is 11.8 Å². The van der Waals surface area contributed by atoms with E-state index in [4.69, 9.17) is 37.9 Å². The summed E-state index contributed by atoms with van der Waals surface area (Å²) in [5.74, 6) is -6.32. The Morgan fingerprint density at radius 1 is 0.914 bits per heavy atom. The number of nitrogens with one attached hydrogen (secondary N) is 1. The van der Waals surface area contributed by atoms with Crippen molar-refractivity contribution in [3.05, 3.63) is 82.9 Å². The van der Waals surface area contributed by atoms with E-state index in [1.54, 1.807) is 111 Å². The molecule has 1 saturated heterocycles. The van der Waals surface area contributed by atoms with Crippen molar-refractivity contribution >= 4 is 53.3 Å². The van der Waals surface area contributed by atoms with E-state index in [1.165, 1.54) is 33.3 Å². The molecule has 17 nitrogen and oxygen atoms in total. The van der Waals surface area contributed by atoms with Gasteiger partial charge in [0.15, 0.2) is 11.4 Å². The number of ether oxygens (including phenoxy) is 8. The van der Waals surface area contributed by atoms with Crippen LogP contribution in [0.5, 0.6) is 0 Å². The van der Waals surface area contributed by atoms with E-state index in [2.05, 4.69) is 5.32 Å². The first kappa shape index (κ1) is 54.2. The number of hydrogen-bond donors (Lipinski definition) is 2. The van der Waals surface area contributed by atoms with Crippen molar-refractivity contribution in [2.45, 2.75) is 142 Å². The molecule has 70 heavy (non-hydrogen) atoms. The summed E-state index contributed by atoms with van der Waals surface area (Å²) in [6.07, 6.45) is -9.70. The fourth-order valence-corrected chi connectivity index (χ4v) is 11.6. The fourth-order valence-electron chi connectivity index (χ4n) is 10.7. The van der Waals surface area contributed by atoms with E-state index >= 15 is 9.59 Å². The number of rotatable bonds is 16. The number of fused-ring (bicyclic) bond motifs is 5. The van der Waals surface area contributed by atoms with Crippen LogP contribution in [0, 0.1) is 22.7 Å². The molecule has 0 spiro atoms. The van der Waals surface area contributed by atoms with Crippen molar-refractivity contribution in [1.82, 2.24) is 5.32 Å². The van der Waals surface area contributed by atoms with Crippen molar-refractivity contribution in [1.29, 1.82) is 0 Å². The van der Waals surface area contributed by atoms with Crippen LogP contribution < -0.4 is 5.32 Å². The number of carbonyl (C=O) groups is 7. The number of thioether (sulfide) groups is 1. The minimum absolute atomic E-state index is 0.00442. The van der Waals surface area contributed by atoms with Crippen LogP contribution in [0.25, 0.3) is 0 Å². The number of ketones is 2. The Morgan fingerprint density at radius 3 is 2.09 bits per heavy atom. The number of methoxy groups -OCH3 is 2.